The molecule has 4 rings (SSSR count). The lowest BCUT2D eigenvalue weighted by Gasteiger charge is -2.08. The standard InChI is InChI=1S/C24H27N7O/c1-3-5-10-22-27-31(15-6-4-2)24(32)30(22)17-18-11-13-19(14-12-18)20-8-7-9-21(16-20)23-25-28-29-26-23/h4,7-9,11-14,16H,2-3,5-6,10,15,17H2,1H3,(H,25,26,28,29). The van der Waals surface area contributed by atoms with E-state index >= 15 is 0 Å². The number of H-pyrrole nitrogens is 1. The average molecular weight is 430 g/mol. The van der Waals surface area contributed by atoms with E-state index in [1.165, 1.54) is 0 Å². The molecule has 4 aromatic rings. The number of nitrogens with one attached hydrogen (secondary N) is 1. The Balaban J connectivity index is 1.56. The number of benzene rings is 2. The van der Waals surface area contributed by atoms with Crippen molar-refractivity contribution in [3.8, 4) is 22.5 Å². The molecule has 2 aromatic carbocycles. The summed E-state index contributed by atoms with van der Waals surface area (Å²) in [6.45, 7) is 6.96. The number of aryl methyl sites for hydroxylation is 2. The van der Waals surface area contributed by atoms with Crippen LogP contribution in [0.3, 0.4) is 0 Å². The van der Waals surface area contributed by atoms with Crippen LogP contribution in [0.1, 0.15) is 37.6 Å². The van der Waals surface area contributed by atoms with Gasteiger partial charge in [-0.1, -0.05) is 61.9 Å². The van der Waals surface area contributed by atoms with Crippen LogP contribution < -0.4 is 5.69 Å². The van der Waals surface area contributed by atoms with Gasteiger partial charge in [-0.05, 0) is 46.0 Å². The minimum absolute atomic E-state index is 0.0598. The number of rotatable bonds is 10. The molecule has 2 heterocycles. The number of nitrogens with zero attached hydrogens (tertiary/aromatic N) is 6. The highest BCUT2D eigenvalue weighted by atomic mass is 16.2. The zero-order chi connectivity index (χ0) is 22.3. The lowest BCUT2D eigenvalue weighted by atomic mass is 10.0. The fraction of sp³-hybridized carbons (Fsp3) is 0.292. The normalized spacial score (nSPS) is 11.0. The van der Waals surface area contributed by atoms with Crippen molar-refractivity contribution in [1.82, 2.24) is 35.0 Å². The van der Waals surface area contributed by atoms with E-state index in [-0.39, 0.29) is 5.69 Å². The van der Waals surface area contributed by atoms with Gasteiger partial charge in [0, 0.05) is 18.5 Å². The molecule has 0 radical (unpaired) electrons. The highest BCUT2D eigenvalue weighted by molar-refractivity contribution is 5.70. The van der Waals surface area contributed by atoms with Crippen LogP contribution >= 0.6 is 0 Å². The Kier molecular flexibility index (Phi) is 6.69. The van der Waals surface area contributed by atoms with Crippen LogP contribution in [0, 0.1) is 0 Å². The molecule has 0 bridgehead atoms. The van der Waals surface area contributed by atoms with E-state index in [2.05, 4.69) is 69.6 Å². The van der Waals surface area contributed by atoms with Gasteiger partial charge in [-0.25, -0.2) is 14.6 Å². The summed E-state index contributed by atoms with van der Waals surface area (Å²) in [5.74, 6) is 1.48. The van der Waals surface area contributed by atoms with E-state index in [4.69, 9.17) is 0 Å². The monoisotopic (exact) mass is 429 g/mol. The van der Waals surface area contributed by atoms with Gasteiger partial charge < -0.3 is 0 Å². The molecular weight excluding hydrogens is 402 g/mol. The van der Waals surface area contributed by atoms with Crippen LogP contribution in [0.25, 0.3) is 22.5 Å². The van der Waals surface area contributed by atoms with Gasteiger partial charge in [-0.3, -0.25) is 4.57 Å². The molecule has 8 heteroatoms. The summed E-state index contributed by atoms with van der Waals surface area (Å²) in [6, 6.07) is 16.3. The van der Waals surface area contributed by atoms with E-state index in [1.54, 1.807) is 9.25 Å². The molecule has 8 nitrogen and oxygen atoms in total. The van der Waals surface area contributed by atoms with Crippen molar-refractivity contribution in [2.45, 2.75) is 45.7 Å². The molecule has 1 N–H and O–H groups in total. The number of aromatic nitrogens is 7. The van der Waals surface area contributed by atoms with Crippen molar-refractivity contribution in [2.24, 2.45) is 0 Å². The van der Waals surface area contributed by atoms with Crippen LogP contribution in [-0.4, -0.2) is 35.0 Å². The van der Waals surface area contributed by atoms with E-state index in [1.807, 2.05) is 24.3 Å². The second-order valence-corrected chi connectivity index (χ2v) is 7.72. The number of aromatic amines is 1. The molecule has 0 aliphatic carbocycles. The van der Waals surface area contributed by atoms with Crippen LogP contribution in [0.5, 0.6) is 0 Å². The smallest absolute Gasteiger partial charge is 0.274 e. The topological polar surface area (TPSA) is 94.3 Å². The van der Waals surface area contributed by atoms with Crippen molar-refractivity contribution < 1.29 is 0 Å². The summed E-state index contributed by atoms with van der Waals surface area (Å²) in [5, 5.41) is 18.6. The molecular formula is C24H27N7O. The molecule has 2 aromatic heterocycles. The van der Waals surface area contributed by atoms with Gasteiger partial charge in [-0.2, -0.15) is 5.10 Å². The maximum absolute atomic E-state index is 12.9. The zero-order valence-corrected chi connectivity index (χ0v) is 18.2. The van der Waals surface area contributed by atoms with Crippen molar-refractivity contribution in [2.75, 3.05) is 0 Å². The highest BCUT2D eigenvalue weighted by Crippen LogP contribution is 2.24. The van der Waals surface area contributed by atoms with Gasteiger partial charge in [0.1, 0.15) is 5.82 Å². The third kappa shape index (κ3) is 4.74. The highest BCUT2D eigenvalue weighted by Gasteiger charge is 2.13. The summed E-state index contributed by atoms with van der Waals surface area (Å²) in [6.07, 6.45) is 5.40. The number of tetrazole rings is 1. The first kappa shape index (κ1) is 21.4. The van der Waals surface area contributed by atoms with Crippen LogP contribution in [0.2, 0.25) is 0 Å². The van der Waals surface area contributed by atoms with E-state index in [0.29, 0.717) is 18.9 Å². The summed E-state index contributed by atoms with van der Waals surface area (Å²) >= 11 is 0. The maximum atomic E-state index is 12.9. The second-order valence-electron chi connectivity index (χ2n) is 7.72. The van der Waals surface area contributed by atoms with Gasteiger partial charge in [0.2, 0.25) is 0 Å². The number of allylic oxidation sites excluding steroid dienone is 1. The first-order valence-corrected chi connectivity index (χ1v) is 10.9. The molecule has 0 unspecified atom stereocenters. The third-order valence-electron chi connectivity index (χ3n) is 5.41. The van der Waals surface area contributed by atoms with E-state index in [9.17, 15) is 4.79 Å². The van der Waals surface area contributed by atoms with Gasteiger partial charge >= 0.3 is 5.69 Å². The Hall–Kier alpha value is -3.81. The zero-order valence-electron chi connectivity index (χ0n) is 18.2. The summed E-state index contributed by atoms with van der Waals surface area (Å²) in [4.78, 5) is 12.9. The van der Waals surface area contributed by atoms with E-state index < -0.39 is 0 Å². The minimum atomic E-state index is -0.0598. The minimum Gasteiger partial charge on any atom is -0.274 e. The van der Waals surface area contributed by atoms with Crippen molar-refractivity contribution >= 4 is 0 Å². The molecule has 0 spiro atoms. The van der Waals surface area contributed by atoms with Gasteiger partial charge in [0.15, 0.2) is 5.82 Å². The Morgan fingerprint density at radius 2 is 1.91 bits per heavy atom. The molecule has 0 aliphatic rings. The molecule has 0 saturated carbocycles. The number of unbranched alkanes of at least 4 members (excludes halogenated alkanes) is 1. The van der Waals surface area contributed by atoms with Crippen molar-refractivity contribution in [3.63, 3.8) is 0 Å². The van der Waals surface area contributed by atoms with Crippen molar-refractivity contribution in [1.29, 1.82) is 0 Å². The number of hydrogen-bond donors (Lipinski definition) is 1. The Morgan fingerprint density at radius 3 is 2.62 bits per heavy atom. The van der Waals surface area contributed by atoms with Gasteiger partial charge in [0.25, 0.3) is 0 Å². The first-order valence-electron chi connectivity index (χ1n) is 10.9. The summed E-state index contributed by atoms with van der Waals surface area (Å²) < 4.78 is 3.36. The SMILES string of the molecule is C=CCCn1nc(CCCC)n(Cc2ccc(-c3cccc(-c4nnn[nH]4)c3)cc2)c1=O. The van der Waals surface area contributed by atoms with Crippen molar-refractivity contribution in [3.05, 3.63) is 83.1 Å². The van der Waals surface area contributed by atoms with Crippen LogP contribution in [0.15, 0.2) is 66.0 Å². The second kappa shape index (κ2) is 10.00. The Labute approximate surface area is 186 Å². The molecule has 0 aliphatic heterocycles. The Morgan fingerprint density at radius 1 is 1.09 bits per heavy atom. The third-order valence-corrected chi connectivity index (χ3v) is 5.41. The predicted molar refractivity (Wildman–Crippen MR) is 124 cm³/mol. The lowest BCUT2D eigenvalue weighted by Crippen LogP contribution is -2.26. The molecule has 0 atom stereocenters. The van der Waals surface area contributed by atoms with Crippen LogP contribution in [0.4, 0.5) is 0 Å². The van der Waals surface area contributed by atoms with Gasteiger partial charge in [0.05, 0.1) is 6.54 Å². The predicted octanol–water partition coefficient (Wildman–Crippen LogP) is 3.86. The first-order chi connectivity index (χ1) is 15.7. The molecule has 32 heavy (non-hydrogen) atoms. The number of hydrogen-bond acceptors (Lipinski definition) is 5. The van der Waals surface area contributed by atoms with Gasteiger partial charge in [-0.15, -0.1) is 11.7 Å². The summed E-state index contributed by atoms with van der Waals surface area (Å²) in [7, 11) is 0. The largest absolute Gasteiger partial charge is 0.346 e. The maximum Gasteiger partial charge on any atom is 0.346 e. The quantitative estimate of drug-likeness (QED) is 0.386. The lowest BCUT2D eigenvalue weighted by molar-refractivity contribution is 0.586. The molecule has 0 fully saturated rings. The molecule has 0 amide bonds. The fourth-order valence-electron chi connectivity index (χ4n) is 3.64. The molecule has 164 valence electrons. The Bertz CT molecular complexity index is 1220. The van der Waals surface area contributed by atoms with E-state index in [0.717, 1.165) is 53.8 Å². The summed E-state index contributed by atoms with van der Waals surface area (Å²) in [5.41, 5.74) is 4.09. The fourth-order valence-corrected chi connectivity index (χ4v) is 3.64. The average Bonchev–Trinajstić information content (AvgIpc) is 3.46. The van der Waals surface area contributed by atoms with Crippen LogP contribution in [-0.2, 0) is 19.5 Å². The molecule has 0 saturated heterocycles.